The molecule has 19 heavy (non-hydrogen) atoms. The van der Waals surface area contributed by atoms with Crippen LogP contribution in [0.4, 0.5) is 5.69 Å². The Morgan fingerprint density at radius 1 is 1.11 bits per heavy atom. The molecule has 1 fully saturated rings. The van der Waals surface area contributed by atoms with Crippen molar-refractivity contribution < 1.29 is 4.79 Å². The van der Waals surface area contributed by atoms with Crippen LogP contribution in [0.2, 0.25) is 5.02 Å². The van der Waals surface area contributed by atoms with Crippen molar-refractivity contribution in [1.29, 1.82) is 0 Å². The topological polar surface area (TPSA) is 23.6 Å². The molecule has 0 unspecified atom stereocenters. The number of piperazine rings is 1. The fraction of sp³-hybridized carbons (Fsp3) is 0.533. The van der Waals surface area contributed by atoms with Gasteiger partial charge in [-0.2, -0.15) is 0 Å². The van der Waals surface area contributed by atoms with Crippen molar-refractivity contribution >= 4 is 23.2 Å². The average Bonchev–Trinajstić information content (AvgIpc) is 2.38. The van der Waals surface area contributed by atoms with Crippen LogP contribution in [0.5, 0.6) is 0 Å². The van der Waals surface area contributed by atoms with E-state index in [-0.39, 0.29) is 11.3 Å². The summed E-state index contributed by atoms with van der Waals surface area (Å²) in [6, 6.07) is 7.87. The molecule has 0 aliphatic carbocycles. The Balaban J connectivity index is 2.00. The minimum Gasteiger partial charge on any atom is -0.367 e. The molecule has 0 N–H and O–H groups in total. The molecule has 2 rings (SSSR count). The molecule has 1 amide bonds. The number of carbonyl (C=O) groups is 1. The van der Waals surface area contributed by atoms with Crippen LogP contribution in [-0.4, -0.2) is 37.0 Å². The lowest BCUT2D eigenvalue weighted by Gasteiger charge is -2.38. The Labute approximate surface area is 120 Å². The fourth-order valence-corrected chi connectivity index (χ4v) is 2.59. The molecule has 104 valence electrons. The van der Waals surface area contributed by atoms with Gasteiger partial charge >= 0.3 is 0 Å². The predicted molar refractivity (Wildman–Crippen MR) is 79.7 cm³/mol. The van der Waals surface area contributed by atoms with Gasteiger partial charge in [0.1, 0.15) is 0 Å². The van der Waals surface area contributed by atoms with Gasteiger partial charge in [-0.15, -0.1) is 0 Å². The summed E-state index contributed by atoms with van der Waals surface area (Å²) >= 11 is 6.21. The largest absolute Gasteiger partial charge is 0.367 e. The second-order valence-corrected chi connectivity index (χ2v) is 6.39. The van der Waals surface area contributed by atoms with E-state index in [0.717, 1.165) is 36.9 Å². The molecule has 1 aliphatic heterocycles. The highest BCUT2D eigenvalue weighted by Crippen LogP contribution is 2.27. The summed E-state index contributed by atoms with van der Waals surface area (Å²) in [7, 11) is 0. The first kappa shape index (κ1) is 14.2. The molecule has 1 aliphatic rings. The van der Waals surface area contributed by atoms with Crippen LogP contribution in [-0.2, 0) is 4.79 Å². The SMILES string of the molecule is CC(C)(C)C(=O)N1CCN(c2ccccc2Cl)CC1. The van der Waals surface area contributed by atoms with Gasteiger partial charge in [-0.05, 0) is 12.1 Å². The summed E-state index contributed by atoms with van der Waals surface area (Å²) in [6.07, 6.45) is 0. The smallest absolute Gasteiger partial charge is 0.228 e. The number of nitrogens with zero attached hydrogens (tertiary/aromatic N) is 2. The van der Waals surface area contributed by atoms with Crippen LogP contribution >= 0.6 is 11.6 Å². The van der Waals surface area contributed by atoms with E-state index in [0.29, 0.717) is 0 Å². The number of carbonyl (C=O) groups excluding carboxylic acids is 1. The molecule has 0 saturated carbocycles. The molecular formula is C15H21ClN2O. The third kappa shape index (κ3) is 3.21. The van der Waals surface area contributed by atoms with Gasteiger partial charge < -0.3 is 9.80 Å². The Bertz CT molecular complexity index is 459. The standard InChI is InChI=1S/C15H21ClN2O/c1-15(2,3)14(19)18-10-8-17(9-11-18)13-7-5-4-6-12(13)16/h4-7H,8-11H2,1-3H3. The summed E-state index contributed by atoms with van der Waals surface area (Å²) in [5.41, 5.74) is 0.763. The predicted octanol–water partition coefficient (Wildman–Crippen LogP) is 3.03. The number of hydrogen-bond donors (Lipinski definition) is 0. The Morgan fingerprint density at radius 2 is 1.68 bits per heavy atom. The molecule has 1 aromatic rings. The van der Waals surface area contributed by atoms with E-state index in [9.17, 15) is 4.79 Å². The van der Waals surface area contributed by atoms with Gasteiger partial charge in [0.25, 0.3) is 0 Å². The van der Waals surface area contributed by atoms with Crippen LogP contribution in [0.25, 0.3) is 0 Å². The summed E-state index contributed by atoms with van der Waals surface area (Å²) in [5.74, 6) is 0.228. The van der Waals surface area contributed by atoms with Crippen molar-refractivity contribution in [2.75, 3.05) is 31.1 Å². The minimum absolute atomic E-state index is 0.228. The van der Waals surface area contributed by atoms with Gasteiger partial charge in [-0.1, -0.05) is 44.5 Å². The lowest BCUT2D eigenvalue weighted by molar-refractivity contribution is -0.139. The van der Waals surface area contributed by atoms with Crippen molar-refractivity contribution in [2.24, 2.45) is 5.41 Å². The molecular weight excluding hydrogens is 260 g/mol. The summed E-state index contributed by atoms with van der Waals surface area (Å²) in [6.45, 7) is 9.11. The number of amides is 1. The number of anilines is 1. The van der Waals surface area contributed by atoms with E-state index in [1.165, 1.54) is 0 Å². The first-order chi connectivity index (χ1) is 8.89. The first-order valence-electron chi connectivity index (χ1n) is 6.68. The highest BCUT2D eigenvalue weighted by Gasteiger charge is 2.29. The monoisotopic (exact) mass is 280 g/mol. The second kappa shape index (κ2) is 5.41. The van der Waals surface area contributed by atoms with Gasteiger partial charge in [-0.25, -0.2) is 0 Å². The van der Waals surface area contributed by atoms with E-state index in [2.05, 4.69) is 4.90 Å². The van der Waals surface area contributed by atoms with Crippen molar-refractivity contribution in [3.05, 3.63) is 29.3 Å². The van der Waals surface area contributed by atoms with E-state index in [1.54, 1.807) is 0 Å². The summed E-state index contributed by atoms with van der Waals surface area (Å²) in [5, 5.41) is 0.776. The Kier molecular flexibility index (Phi) is 4.04. The van der Waals surface area contributed by atoms with Gasteiger partial charge in [-0.3, -0.25) is 4.79 Å². The van der Waals surface area contributed by atoms with Crippen LogP contribution in [0.1, 0.15) is 20.8 Å². The molecule has 1 heterocycles. The number of rotatable bonds is 1. The highest BCUT2D eigenvalue weighted by atomic mass is 35.5. The maximum absolute atomic E-state index is 12.2. The first-order valence-corrected chi connectivity index (χ1v) is 7.06. The third-order valence-corrected chi connectivity index (χ3v) is 3.72. The maximum Gasteiger partial charge on any atom is 0.228 e. The Morgan fingerprint density at radius 3 is 2.21 bits per heavy atom. The van der Waals surface area contributed by atoms with Crippen LogP contribution in [0.3, 0.4) is 0 Å². The maximum atomic E-state index is 12.2. The van der Waals surface area contributed by atoms with Gasteiger partial charge in [0.2, 0.25) is 5.91 Å². The fourth-order valence-electron chi connectivity index (χ4n) is 2.33. The molecule has 1 saturated heterocycles. The van der Waals surface area contributed by atoms with Crippen LogP contribution in [0, 0.1) is 5.41 Å². The zero-order valence-electron chi connectivity index (χ0n) is 11.8. The quantitative estimate of drug-likeness (QED) is 0.789. The number of hydrogen-bond acceptors (Lipinski definition) is 2. The van der Waals surface area contributed by atoms with E-state index in [4.69, 9.17) is 11.6 Å². The molecule has 0 radical (unpaired) electrons. The summed E-state index contributed by atoms with van der Waals surface area (Å²) in [4.78, 5) is 16.4. The number of para-hydroxylation sites is 1. The molecule has 0 atom stereocenters. The van der Waals surface area contributed by atoms with Crippen molar-refractivity contribution in [3.8, 4) is 0 Å². The van der Waals surface area contributed by atoms with Gasteiger partial charge in [0.05, 0.1) is 10.7 Å². The van der Waals surface area contributed by atoms with Gasteiger partial charge in [0, 0.05) is 31.6 Å². The van der Waals surface area contributed by atoms with Gasteiger partial charge in [0.15, 0.2) is 0 Å². The van der Waals surface area contributed by atoms with Crippen molar-refractivity contribution in [1.82, 2.24) is 4.90 Å². The average molecular weight is 281 g/mol. The zero-order valence-corrected chi connectivity index (χ0v) is 12.6. The zero-order chi connectivity index (χ0) is 14.0. The van der Waals surface area contributed by atoms with Crippen molar-refractivity contribution in [2.45, 2.75) is 20.8 Å². The van der Waals surface area contributed by atoms with Crippen LogP contribution < -0.4 is 4.90 Å². The number of halogens is 1. The molecule has 0 aromatic heterocycles. The molecule has 0 spiro atoms. The van der Waals surface area contributed by atoms with E-state index >= 15 is 0 Å². The summed E-state index contributed by atoms with van der Waals surface area (Å²) < 4.78 is 0. The molecule has 4 heteroatoms. The lowest BCUT2D eigenvalue weighted by Crippen LogP contribution is -2.51. The number of benzene rings is 1. The normalized spacial score (nSPS) is 16.6. The second-order valence-electron chi connectivity index (χ2n) is 5.98. The molecule has 0 bridgehead atoms. The lowest BCUT2D eigenvalue weighted by atomic mass is 9.94. The molecule has 1 aromatic carbocycles. The van der Waals surface area contributed by atoms with Crippen molar-refractivity contribution in [3.63, 3.8) is 0 Å². The van der Waals surface area contributed by atoms with Crippen LogP contribution in [0.15, 0.2) is 24.3 Å². The van der Waals surface area contributed by atoms with E-state index < -0.39 is 0 Å². The Hall–Kier alpha value is -1.22. The van der Waals surface area contributed by atoms with E-state index in [1.807, 2.05) is 49.9 Å². The highest BCUT2D eigenvalue weighted by molar-refractivity contribution is 6.33. The minimum atomic E-state index is -0.299. The third-order valence-electron chi connectivity index (χ3n) is 3.40. The molecule has 3 nitrogen and oxygen atoms in total.